The van der Waals surface area contributed by atoms with Gasteiger partial charge in [0, 0.05) is 25.7 Å². The van der Waals surface area contributed by atoms with E-state index < -0.39 is 0 Å². The fourth-order valence-corrected chi connectivity index (χ4v) is 1.51. The van der Waals surface area contributed by atoms with E-state index >= 15 is 0 Å². The van der Waals surface area contributed by atoms with Gasteiger partial charge in [-0.2, -0.15) is 0 Å². The van der Waals surface area contributed by atoms with Gasteiger partial charge in [-0.15, -0.1) is 0 Å². The molecule has 0 bridgehead atoms. The summed E-state index contributed by atoms with van der Waals surface area (Å²) < 4.78 is 5.39. The predicted octanol–water partition coefficient (Wildman–Crippen LogP) is 0.620. The highest BCUT2D eigenvalue weighted by Crippen LogP contribution is 1.96. The fraction of sp³-hybridized carbons (Fsp3) is 0.923. The summed E-state index contributed by atoms with van der Waals surface area (Å²) in [5.74, 6) is 0.00157. The molecule has 0 spiro atoms. The number of hydrogen-bond donors (Lipinski definition) is 2. The van der Waals surface area contributed by atoms with Crippen LogP contribution < -0.4 is 5.32 Å². The van der Waals surface area contributed by atoms with Crippen LogP contribution in [0.5, 0.6) is 0 Å². The summed E-state index contributed by atoms with van der Waals surface area (Å²) in [6.45, 7) is 10.3. The Bertz CT molecular complexity index is 220. The van der Waals surface area contributed by atoms with Gasteiger partial charge < -0.3 is 15.2 Å². The molecular formula is C13H28N2O3. The molecule has 0 aromatic rings. The van der Waals surface area contributed by atoms with Crippen molar-refractivity contribution in [1.29, 1.82) is 0 Å². The Kier molecular flexibility index (Phi) is 9.92. The third-order valence-corrected chi connectivity index (χ3v) is 2.56. The van der Waals surface area contributed by atoms with Crippen LogP contribution in [0.4, 0.5) is 0 Å². The van der Waals surface area contributed by atoms with Gasteiger partial charge in [-0.1, -0.05) is 0 Å². The lowest BCUT2D eigenvalue weighted by Gasteiger charge is -2.24. The molecule has 0 radical (unpaired) electrons. The van der Waals surface area contributed by atoms with E-state index in [4.69, 9.17) is 9.84 Å². The lowest BCUT2D eigenvalue weighted by molar-refractivity contribution is -0.122. The van der Waals surface area contributed by atoms with Crippen molar-refractivity contribution in [3.63, 3.8) is 0 Å². The third-order valence-electron chi connectivity index (χ3n) is 2.56. The lowest BCUT2D eigenvalue weighted by atomic mass is 10.3. The molecule has 5 nitrogen and oxygen atoms in total. The smallest absolute Gasteiger partial charge is 0.234 e. The molecule has 0 aliphatic rings. The van der Waals surface area contributed by atoms with E-state index in [9.17, 15) is 4.79 Å². The molecule has 2 N–H and O–H groups in total. The summed E-state index contributed by atoms with van der Waals surface area (Å²) >= 11 is 0. The van der Waals surface area contributed by atoms with Crippen LogP contribution in [0.1, 0.15) is 34.1 Å². The number of nitrogens with one attached hydrogen (secondary N) is 1. The molecule has 0 aromatic carbocycles. The minimum absolute atomic E-state index is 0.00157. The number of hydrogen-bond acceptors (Lipinski definition) is 4. The highest BCUT2D eigenvalue weighted by molar-refractivity contribution is 5.78. The molecular weight excluding hydrogens is 232 g/mol. The Morgan fingerprint density at radius 1 is 1.33 bits per heavy atom. The van der Waals surface area contributed by atoms with E-state index in [-0.39, 0.29) is 24.7 Å². The van der Waals surface area contributed by atoms with Crippen molar-refractivity contribution in [1.82, 2.24) is 10.2 Å². The number of carbonyl (C=O) groups excluding carboxylic acids is 1. The van der Waals surface area contributed by atoms with Gasteiger partial charge in [0.05, 0.1) is 19.3 Å². The monoisotopic (exact) mass is 260 g/mol. The van der Waals surface area contributed by atoms with Crippen molar-refractivity contribution >= 4 is 5.91 Å². The largest absolute Gasteiger partial charge is 0.395 e. The van der Waals surface area contributed by atoms with Crippen LogP contribution in [0, 0.1) is 0 Å². The standard InChI is InChI=1S/C13H28N2O3/c1-11(2)15(7-8-16)10-13(17)14-6-5-9-18-12(3)4/h11-12,16H,5-10H2,1-4H3,(H,14,17). The van der Waals surface area contributed by atoms with Crippen LogP contribution in [-0.4, -0.2) is 60.9 Å². The second kappa shape index (κ2) is 10.3. The summed E-state index contributed by atoms with van der Waals surface area (Å²) in [5.41, 5.74) is 0. The van der Waals surface area contributed by atoms with Crippen molar-refractivity contribution in [3.8, 4) is 0 Å². The van der Waals surface area contributed by atoms with Gasteiger partial charge in [0.1, 0.15) is 0 Å². The molecule has 1 amide bonds. The van der Waals surface area contributed by atoms with Crippen molar-refractivity contribution < 1.29 is 14.6 Å². The number of rotatable bonds is 10. The van der Waals surface area contributed by atoms with E-state index in [1.165, 1.54) is 0 Å². The zero-order valence-electron chi connectivity index (χ0n) is 12.1. The van der Waals surface area contributed by atoms with Gasteiger partial charge in [0.2, 0.25) is 5.91 Å². The van der Waals surface area contributed by atoms with Crippen LogP contribution in [-0.2, 0) is 9.53 Å². The van der Waals surface area contributed by atoms with E-state index in [1.807, 2.05) is 32.6 Å². The minimum atomic E-state index is 0.00157. The number of carbonyl (C=O) groups is 1. The first-order chi connectivity index (χ1) is 8.47. The first-order valence-electron chi connectivity index (χ1n) is 6.70. The molecule has 0 aliphatic carbocycles. The van der Waals surface area contributed by atoms with Crippen LogP contribution in [0.2, 0.25) is 0 Å². The molecule has 0 aliphatic heterocycles. The Balaban J connectivity index is 3.68. The Hall–Kier alpha value is -0.650. The maximum absolute atomic E-state index is 11.7. The first kappa shape index (κ1) is 17.4. The van der Waals surface area contributed by atoms with Gasteiger partial charge in [0.15, 0.2) is 0 Å². The van der Waals surface area contributed by atoms with Gasteiger partial charge in [-0.25, -0.2) is 0 Å². The average molecular weight is 260 g/mol. The second-order valence-corrected chi connectivity index (χ2v) is 4.91. The molecule has 108 valence electrons. The highest BCUT2D eigenvalue weighted by atomic mass is 16.5. The van der Waals surface area contributed by atoms with Crippen LogP contribution in [0.25, 0.3) is 0 Å². The number of aliphatic hydroxyl groups is 1. The lowest BCUT2D eigenvalue weighted by Crippen LogP contribution is -2.42. The summed E-state index contributed by atoms with van der Waals surface area (Å²) in [6, 6.07) is 0.257. The number of ether oxygens (including phenoxy) is 1. The van der Waals surface area contributed by atoms with Crippen molar-refractivity contribution in [2.45, 2.75) is 46.3 Å². The van der Waals surface area contributed by atoms with Crippen LogP contribution in [0.3, 0.4) is 0 Å². The molecule has 0 atom stereocenters. The van der Waals surface area contributed by atoms with Gasteiger partial charge in [-0.3, -0.25) is 9.69 Å². The second-order valence-electron chi connectivity index (χ2n) is 4.91. The quantitative estimate of drug-likeness (QED) is 0.565. The van der Waals surface area contributed by atoms with Crippen LogP contribution in [0.15, 0.2) is 0 Å². The van der Waals surface area contributed by atoms with Crippen LogP contribution >= 0.6 is 0 Å². The molecule has 0 saturated heterocycles. The van der Waals surface area contributed by atoms with E-state index in [0.717, 1.165) is 6.42 Å². The van der Waals surface area contributed by atoms with Crippen molar-refractivity contribution in [2.75, 3.05) is 32.8 Å². The molecule has 5 heteroatoms. The summed E-state index contributed by atoms with van der Waals surface area (Å²) in [5, 5.41) is 11.8. The van der Waals surface area contributed by atoms with E-state index in [2.05, 4.69) is 5.32 Å². The topological polar surface area (TPSA) is 61.8 Å². The molecule has 0 rings (SSSR count). The summed E-state index contributed by atoms with van der Waals surface area (Å²) in [4.78, 5) is 13.6. The van der Waals surface area contributed by atoms with Crippen molar-refractivity contribution in [3.05, 3.63) is 0 Å². The maximum Gasteiger partial charge on any atom is 0.234 e. The molecule has 0 fully saturated rings. The Labute approximate surface area is 110 Å². The van der Waals surface area contributed by atoms with E-state index in [1.54, 1.807) is 0 Å². The Morgan fingerprint density at radius 2 is 2.00 bits per heavy atom. The molecule has 0 saturated carbocycles. The minimum Gasteiger partial charge on any atom is -0.395 e. The average Bonchev–Trinajstić information content (AvgIpc) is 2.27. The molecule has 0 heterocycles. The molecule has 0 aromatic heterocycles. The number of nitrogens with zero attached hydrogens (tertiary/aromatic N) is 1. The Morgan fingerprint density at radius 3 is 2.50 bits per heavy atom. The normalized spacial score (nSPS) is 11.6. The fourth-order valence-electron chi connectivity index (χ4n) is 1.51. The van der Waals surface area contributed by atoms with Crippen molar-refractivity contribution in [2.24, 2.45) is 0 Å². The maximum atomic E-state index is 11.7. The first-order valence-corrected chi connectivity index (χ1v) is 6.70. The number of amides is 1. The summed E-state index contributed by atoms with van der Waals surface area (Å²) in [7, 11) is 0. The van der Waals surface area contributed by atoms with Gasteiger partial charge in [0.25, 0.3) is 0 Å². The predicted molar refractivity (Wildman–Crippen MR) is 72.5 cm³/mol. The highest BCUT2D eigenvalue weighted by Gasteiger charge is 2.12. The molecule has 18 heavy (non-hydrogen) atoms. The third kappa shape index (κ3) is 9.39. The summed E-state index contributed by atoms with van der Waals surface area (Å²) in [6.07, 6.45) is 1.06. The zero-order chi connectivity index (χ0) is 14.0. The number of aliphatic hydroxyl groups excluding tert-OH is 1. The zero-order valence-corrected chi connectivity index (χ0v) is 12.1. The molecule has 0 unspecified atom stereocenters. The van der Waals surface area contributed by atoms with E-state index in [0.29, 0.717) is 26.2 Å². The SMILES string of the molecule is CC(C)OCCCNC(=O)CN(CCO)C(C)C. The van der Waals surface area contributed by atoms with Gasteiger partial charge >= 0.3 is 0 Å². The van der Waals surface area contributed by atoms with Gasteiger partial charge in [-0.05, 0) is 34.1 Å².